The molecular formula is C18H16ClF3N6O2. The Labute approximate surface area is 173 Å². The molecule has 158 valence electrons. The number of rotatable bonds is 5. The second-order valence-electron chi connectivity index (χ2n) is 6.72. The van der Waals surface area contributed by atoms with E-state index in [1.54, 1.807) is 25.9 Å². The molecule has 2 aromatic heterocycles. The highest BCUT2D eigenvalue weighted by Gasteiger charge is 2.33. The molecule has 1 aromatic carbocycles. The van der Waals surface area contributed by atoms with Gasteiger partial charge in [0, 0.05) is 31.6 Å². The lowest BCUT2D eigenvalue weighted by Crippen LogP contribution is -2.16. The van der Waals surface area contributed by atoms with Gasteiger partial charge in [-0.3, -0.25) is 10.1 Å². The number of benzene rings is 1. The van der Waals surface area contributed by atoms with E-state index in [1.165, 1.54) is 12.3 Å². The van der Waals surface area contributed by atoms with Gasteiger partial charge < -0.3 is 10.2 Å². The van der Waals surface area contributed by atoms with Crippen LogP contribution in [-0.4, -0.2) is 34.0 Å². The maximum atomic E-state index is 13.2. The molecule has 3 aromatic rings. The van der Waals surface area contributed by atoms with Crippen molar-refractivity contribution in [3.8, 4) is 0 Å². The van der Waals surface area contributed by atoms with E-state index in [2.05, 4.69) is 20.3 Å². The van der Waals surface area contributed by atoms with Crippen LogP contribution in [0, 0.1) is 10.1 Å². The van der Waals surface area contributed by atoms with Gasteiger partial charge in [0.15, 0.2) is 0 Å². The zero-order chi connectivity index (χ0) is 22.2. The van der Waals surface area contributed by atoms with Crippen LogP contribution in [0.3, 0.4) is 0 Å². The van der Waals surface area contributed by atoms with Gasteiger partial charge in [-0.05, 0) is 24.6 Å². The Kier molecular flexibility index (Phi) is 5.66. The summed E-state index contributed by atoms with van der Waals surface area (Å²) in [5.41, 5.74) is -1.20. The largest absolute Gasteiger partial charge is 0.416 e. The van der Waals surface area contributed by atoms with E-state index in [0.717, 1.165) is 12.1 Å². The first-order chi connectivity index (χ1) is 14.0. The van der Waals surface area contributed by atoms with Crippen LogP contribution < -0.4 is 10.2 Å². The van der Waals surface area contributed by atoms with E-state index >= 15 is 0 Å². The minimum Gasteiger partial charge on any atom is -0.363 e. The SMILES string of the molecule is C[C@@H](Nc1nc(N(C)C)nc2cnc(Cl)cc12)c1cc([N+](=O)[O-])cc(C(F)(F)F)c1. The quantitative estimate of drug-likeness (QED) is 0.344. The molecule has 0 radical (unpaired) electrons. The van der Waals surface area contributed by atoms with Gasteiger partial charge in [0.25, 0.3) is 5.69 Å². The summed E-state index contributed by atoms with van der Waals surface area (Å²) in [6.07, 6.45) is -3.27. The zero-order valence-electron chi connectivity index (χ0n) is 16.0. The second-order valence-corrected chi connectivity index (χ2v) is 7.11. The molecule has 0 saturated carbocycles. The van der Waals surface area contributed by atoms with Gasteiger partial charge >= 0.3 is 6.18 Å². The number of alkyl halides is 3. The normalized spacial score (nSPS) is 12.6. The summed E-state index contributed by atoms with van der Waals surface area (Å²) in [7, 11) is 3.46. The number of halogens is 4. The number of pyridine rings is 1. The molecule has 0 aliphatic heterocycles. The summed E-state index contributed by atoms with van der Waals surface area (Å²) in [6, 6.07) is 3.25. The van der Waals surface area contributed by atoms with Gasteiger partial charge in [0.1, 0.15) is 11.0 Å². The van der Waals surface area contributed by atoms with Gasteiger partial charge in [-0.25, -0.2) is 9.97 Å². The van der Waals surface area contributed by atoms with Gasteiger partial charge in [-0.2, -0.15) is 18.2 Å². The molecule has 30 heavy (non-hydrogen) atoms. The smallest absolute Gasteiger partial charge is 0.363 e. The van der Waals surface area contributed by atoms with Crippen LogP contribution >= 0.6 is 11.6 Å². The first-order valence-electron chi connectivity index (χ1n) is 8.59. The Bertz CT molecular complexity index is 1120. The molecule has 3 rings (SSSR count). The van der Waals surface area contributed by atoms with E-state index < -0.39 is 28.4 Å². The lowest BCUT2D eigenvalue weighted by Gasteiger charge is -2.19. The summed E-state index contributed by atoms with van der Waals surface area (Å²) in [5, 5.41) is 14.8. The number of nitro benzene ring substituents is 1. The molecule has 0 saturated heterocycles. The van der Waals surface area contributed by atoms with E-state index in [-0.39, 0.29) is 10.7 Å². The van der Waals surface area contributed by atoms with Crippen LogP contribution in [0.25, 0.3) is 10.9 Å². The molecule has 8 nitrogen and oxygen atoms in total. The summed E-state index contributed by atoms with van der Waals surface area (Å²) in [4.78, 5) is 24.6. The van der Waals surface area contributed by atoms with Gasteiger partial charge in [0.05, 0.1) is 28.2 Å². The molecular weight excluding hydrogens is 425 g/mol. The van der Waals surface area contributed by atoms with Crippen molar-refractivity contribution in [1.29, 1.82) is 0 Å². The number of aromatic nitrogens is 3. The van der Waals surface area contributed by atoms with Crippen molar-refractivity contribution in [3.05, 3.63) is 56.9 Å². The number of nitrogens with zero attached hydrogens (tertiary/aromatic N) is 5. The third-order valence-corrected chi connectivity index (χ3v) is 4.48. The summed E-state index contributed by atoms with van der Waals surface area (Å²) in [5.74, 6) is 0.650. The minimum absolute atomic E-state index is 0.0786. The number of hydrogen-bond donors (Lipinski definition) is 1. The molecule has 0 aliphatic rings. The van der Waals surface area contributed by atoms with E-state index in [4.69, 9.17) is 11.6 Å². The number of hydrogen-bond acceptors (Lipinski definition) is 7. The fourth-order valence-corrected chi connectivity index (χ4v) is 2.90. The molecule has 1 atom stereocenters. The maximum Gasteiger partial charge on any atom is 0.416 e. The molecule has 0 unspecified atom stereocenters. The van der Waals surface area contributed by atoms with E-state index in [1.807, 2.05) is 0 Å². The summed E-state index contributed by atoms with van der Waals surface area (Å²) in [6.45, 7) is 1.57. The van der Waals surface area contributed by atoms with Crippen molar-refractivity contribution in [2.24, 2.45) is 0 Å². The third-order valence-electron chi connectivity index (χ3n) is 4.27. The van der Waals surface area contributed by atoms with E-state index in [9.17, 15) is 23.3 Å². The molecule has 0 spiro atoms. The average Bonchev–Trinajstić information content (AvgIpc) is 2.66. The minimum atomic E-state index is -4.72. The number of nitro groups is 1. The lowest BCUT2D eigenvalue weighted by atomic mass is 10.0. The molecule has 2 heterocycles. The Balaban J connectivity index is 2.08. The van der Waals surface area contributed by atoms with Crippen LogP contribution in [0.4, 0.5) is 30.6 Å². The number of anilines is 2. The van der Waals surface area contributed by atoms with Crippen LogP contribution in [0.1, 0.15) is 24.1 Å². The van der Waals surface area contributed by atoms with Crippen molar-refractivity contribution in [1.82, 2.24) is 15.0 Å². The molecule has 0 aliphatic carbocycles. The summed E-state index contributed by atoms with van der Waals surface area (Å²) < 4.78 is 39.6. The predicted octanol–water partition coefficient (Wildman–Crippen LogP) is 4.84. The van der Waals surface area contributed by atoms with E-state index in [0.29, 0.717) is 28.7 Å². The molecule has 1 N–H and O–H groups in total. The zero-order valence-corrected chi connectivity index (χ0v) is 16.8. The van der Waals surface area contributed by atoms with Crippen LogP contribution in [0.2, 0.25) is 5.15 Å². The highest BCUT2D eigenvalue weighted by atomic mass is 35.5. The van der Waals surface area contributed by atoms with Crippen molar-refractivity contribution in [2.45, 2.75) is 19.1 Å². The predicted molar refractivity (Wildman–Crippen MR) is 107 cm³/mol. The highest BCUT2D eigenvalue weighted by Crippen LogP contribution is 2.35. The Morgan fingerprint density at radius 1 is 1.20 bits per heavy atom. The Morgan fingerprint density at radius 2 is 1.90 bits per heavy atom. The molecule has 12 heteroatoms. The molecule has 0 amide bonds. The monoisotopic (exact) mass is 440 g/mol. The second kappa shape index (κ2) is 7.90. The molecule has 0 fully saturated rings. The fourth-order valence-electron chi connectivity index (χ4n) is 2.75. The van der Waals surface area contributed by atoms with Gasteiger partial charge in [0.2, 0.25) is 5.95 Å². The van der Waals surface area contributed by atoms with Gasteiger partial charge in [-0.1, -0.05) is 11.6 Å². The van der Waals surface area contributed by atoms with Crippen LogP contribution in [-0.2, 0) is 6.18 Å². The Hall–Kier alpha value is -3.21. The number of nitrogens with one attached hydrogen (secondary N) is 1. The standard InChI is InChI=1S/C18H16ClF3N6O2/c1-9(10-4-11(18(20,21)22)6-12(5-10)28(29)30)24-16-13-7-15(19)23-8-14(13)25-17(26-16)27(2)3/h4-9H,1-3H3,(H,24,25,26)/t9-/m1/s1. The van der Waals surface area contributed by atoms with Crippen molar-refractivity contribution in [2.75, 3.05) is 24.3 Å². The van der Waals surface area contributed by atoms with Gasteiger partial charge in [-0.15, -0.1) is 0 Å². The molecule has 0 bridgehead atoms. The number of fused-ring (bicyclic) bond motifs is 1. The van der Waals surface area contributed by atoms with Crippen molar-refractivity contribution >= 4 is 40.0 Å². The average molecular weight is 441 g/mol. The third kappa shape index (κ3) is 4.51. The highest BCUT2D eigenvalue weighted by molar-refractivity contribution is 6.30. The lowest BCUT2D eigenvalue weighted by molar-refractivity contribution is -0.385. The van der Waals surface area contributed by atoms with Crippen LogP contribution in [0.15, 0.2) is 30.5 Å². The topological polar surface area (TPSA) is 97.1 Å². The fraction of sp³-hybridized carbons (Fsp3) is 0.278. The summed E-state index contributed by atoms with van der Waals surface area (Å²) >= 11 is 5.97. The van der Waals surface area contributed by atoms with Crippen molar-refractivity contribution in [3.63, 3.8) is 0 Å². The first-order valence-corrected chi connectivity index (χ1v) is 8.97. The maximum absolute atomic E-state index is 13.2. The first kappa shape index (κ1) is 21.5. The van der Waals surface area contributed by atoms with Crippen LogP contribution in [0.5, 0.6) is 0 Å². The van der Waals surface area contributed by atoms with Crippen molar-refractivity contribution < 1.29 is 18.1 Å². The Morgan fingerprint density at radius 3 is 2.50 bits per heavy atom. The number of non-ortho nitro benzene ring substituents is 1.